The van der Waals surface area contributed by atoms with E-state index in [9.17, 15) is 5.11 Å². The molecule has 0 radical (unpaired) electrons. The molecule has 2 rings (SSSR count). The maximum Gasteiger partial charge on any atom is 0.119 e. The summed E-state index contributed by atoms with van der Waals surface area (Å²) in [5, 5.41) is 9.87. The van der Waals surface area contributed by atoms with E-state index in [2.05, 4.69) is 37.2 Å². The summed E-state index contributed by atoms with van der Waals surface area (Å²) >= 11 is 0. The van der Waals surface area contributed by atoms with E-state index in [1.54, 1.807) is 7.11 Å². The van der Waals surface area contributed by atoms with Crippen molar-refractivity contribution in [2.24, 2.45) is 5.92 Å². The predicted molar refractivity (Wildman–Crippen MR) is 85.5 cm³/mol. The molecular weight excluding hydrogens is 274 g/mol. The van der Waals surface area contributed by atoms with Crippen LogP contribution in [0.5, 0.6) is 5.75 Å². The minimum atomic E-state index is -0.209. The summed E-state index contributed by atoms with van der Waals surface area (Å²) in [5.74, 6) is 1.26. The second-order valence-corrected chi connectivity index (χ2v) is 5.48. The molecule has 1 aromatic rings. The standard InChI is InChI=1S/C16H23NO2.ClH/c1-17(2)11-13-9-14(18)7-8-16(13)12-5-4-6-15(10-12)19-3;/h4-6,8,10,13-14,18H,7,9,11H2,1-3H3;1H. The van der Waals surface area contributed by atoms with E-state index in [0.29, 0.717) is 5.92 Å². The summed E-state index contributed by atoms with van der Waals surface area (Å²) in [6.45, 7) is 0.958. The fourth-order valence-electron chi connectivity index (χ4n) is 2.75. The summed E-state index contributed by atoms with van der Waals surface area (Å²) in [6, 6.07) is 8.18. The molecule has 1 aliphatic rings. The first-order valence-corrected chi connectivity index (χ1v) is 6.77. The monoisotopic (exact) mass is 297 g/mol. The predicted octanol–water partition coefficient (Wildman–Crippen LogP) is 2.83. The third-order valence-electron chi connectivity index (χ3n) is 3.59. The molecule has 0 fully saturated rings. The molecule has 1 aliphatic carbocycles. The van der Waals surface area contributed by atoms with Crippen molar-refractivity contribution in [1.29, 1.82) is 0 Å². The lowest BCUT2D eigenvalue weighted by molar-refractivity contribution is 0.142. The van der Waals surface area contributed by atoms with Crippen molar-refractivity contribution in [1.82, 2.24) is 4.90 Å². The lowest BCUT2D eigenvalue weighted by Crippen LogP contribution is -2.28. The number of halogens is 1. The maximum atomic E-state index is 9.87. The van der Waals surface area contributed by atoms with Crippen molar-refractivity contribution in [3.63, 3.8) is 0 Å². The van der Waals surface area contributed by atoms with Crippen molar-refractivity contribution >= 4 is 18.0 Å². The van der Waals surface area contributed by atoms with Gasteiger partial charge in [-0.15, -0.1) is 12.4 Å². The Labute approximate surface area is 127 Å². The molecule has 20 heavy (non-hydrogen) atoms. The number of hydrogen-bond acceptors (Lipinski definition) is 3. The van der Waals surface area contributed by atoms with E-state index in [1.807, 2.05) is 12.1 Å². The second kappa shape index (κ2) is 7.67. The van der Waals surface area contributed by atoms with Gasteiger partial charge in [-0.2, -0.15) is 0 Å². The van der Waals surface area contributed by atoms with Crippen LogP contribution in [0.25, 0.3) is 5.57 Å². The SMILES string of the molecule is COc1cccc(C2=CCC(O)CC2CN(C)C)c1.Cl. The maximum absolute atomic E-state index is 9.87. The van der Waals surface area contributed by atoms with Crippen LogP contribution in [0.4, 0.5) is 0 Å². The van der Waals surface area contributed by atoms with Crippen molar-refractivity contribution in [2.75, 3.05) is 27.7 Å². The van der Waals surface area contributed by atoms with Crippen molar-refractivity contribution in [3.05, 3.63) is 35.9 Å². The number of rotatable bonds is 4. The molecule has 0 bridgehead atoms. The molecule has 0 amide bonds. The molecule has 0 heterocycles. The molecule has 3 nitrogen and oxygen atoms in total. The van der Waals surface area contributed by atoms with E-state index in [4.69, 9.17) is 4.74 Å². The highest BCUT2D eigenvalue weighted by Crippen LogP contribution is 2.34. The molecule has 0 spiro atoms. The Balaban J connectivity index is 0.00000200. The molecule has 2 atom stereocenters. The first-order chi connectivity index (χ1) is 9.10. The zero-order valence-corrected chi connectivity index (χ0v) is 13.2. The van der Waals surface area contributed by atoms with Crippen LogP contribution in [0.2, 0.25) is 0 Å². The largest absolute Gasteiger partial charge is 0.497 e. The van der Waals surface area contributed by atoms with Gasteiger partial charge in [0.2, 0.25) is 0 Å². The molecule has 0 saturated carbocycles. The molecule has 0 aromatic heterocycles. The second-order valence-electron chi connectivity index (χ2n) is 5.48. The van der Waals surface area contributed by atoms with Gasteiger partial charge < -0.3 is 14.7 Å². The lowest BCUT2D eigenvalue weighted by Gasteiger charge is -2.30. The molecule has 1 N–H and O–H groups in total. The van der Waals surface area contributed by atoms with Gasteiger partial charge in [-0.1, -0.05) is 18.2 Å². The highest BCUT2D eigenvalue weighted by Gasteiger charge is 2.24. The van der Waals surface area contributed by atoms with Gasteiger partial charge in [0.05, 0.1) is 13.2 Å². The number of methoxy groups -OCH3 is 1. The van der Waals surface area contributed by atoms with E-state index in [0.717, 1.165) is 25.1 Å². The van der Waals surface area contributed by atoms with E-state index < -0.39 is 0 Å². The number of nitrogens with zero attached hydrogens (tertiary/aromatic N) is 1. The van der Waals surface area contributed by atoms with Crippen LogP contribution in [-0.4, -0.2) is 43.9 Å². The average Bonchev–Trinajstić information content (AvgIpc) is 2.38. The first kappa shape index (κ1) is 17.0. The van der Waals surface area contributed by atoms with Crippen molar-refractivity contribution in [2.45, 2.75) is 18.9 Å². The summed E-state index contributed by atoms with van der Waals surface area (Å²) in [7, 11) is 5.84. The van der Waals surface area contributed by atoms with Gasteiger partial charge in [0.15, 0.2) is 0 Å². The molecule has 4 heteroatoms. The summed E-state index contributed by atoms with van der Waals surface area (Å²) in [4.78, 5) is 2.18. The topological polar surface area (TPSA) is 32.7 Å². The number of aliphatic hydroxyl groups excluding tert-OH is 1. The van der Waals surface area contributed by atoms with E-state index >= 15 is 0 Å². The quantitative estimate of drug-likeness (QED) is 0.927. The minimum Gasteiger partial charge on any atom is -0.497 e. The number of ether oxygens (including phenoxy) is 1. The van der Waals surface area contributed by atoms with Crippen LogP contribution in [0, 0.1) is 5.92 Å². The minimum absolute atomic E-state index is 0. The molecular formula is C16H24ClNO2. The van der Waals surface area contributed by atoms with Crippen LogP contribution >= 0.6 is 12.4 Å². The van der Waals surface area contributed by atoms with Gasteiger partial charge in [-0.25, -0.2) is 0 Å². The Bertz CT molecular complexity index is 460. The molecule has 0 saturated heterocycles. The highest BCUT2D eigenvalue weighted by atomic mass is 35.5. The van der Waals surface area contributed by atoms with Crippen LogP contribution in [-0.2, 0) is 0 Å². The Kier molecular flexibility index (Phi) is 6.53. The van der Waals surface area contributed by atoms with Crippen LogP contribution in [0.1, 0.15) is 18.4 Å². The van der Waals surface area contributed by atoms with E-state index in [1.165, 1.54) is 11.1 Å². The Morgan fingerprint density at radius 1 is 1.35 bits per heavy atom. The molecule has 2 unspecified atom stereocenters. The average molecular weight is 298 g/mol. The fraction of sp³-hybridized carbons (Fsp3) is 0.500. The van der Waals surface area contributed by atoms with Crippen molar-refractivity contribution < 1.29 is 9.84 Å². The summed E-state index contributed by atoms with van der Waals surface area (Å²) in [6.07, 6.45) is 3.55. The summed E-state index contributed by atoms with van der Waals surface area (Å²) < 4.78 is 5.30. The zero-order valence-electron chi connectivity index (χ0n) is 12.4. The first-order valence-electron chi connectivity index (χ1n) is 6.77. The molecule has 0 aliphatic heterocycles. The van der Waals surface area contributed by atoms with Crippen LogP contribution in [0.3, 0.4) is 0 Å². The normalized spacial score (nSPS) is 22.1. The molecule has 1 aromatic carbocycles. The smallest absolute Gasteiger partial charge is 0.119 e. The third kappa shape index (κ3) is 4.23. The number of aliphatic hydroxyl groups is 1. The van der Waals surface area contributed by atoms with Crippen LogP contribution < -0.4 is 4.74 Å². The van der Waals surface area contributed by atoms with Gasteiger partial charge in [0, 0.05) is 6.54 Å². The van der Waals surface area contributed by atoms with Gasteiger partial charge in [-0.05, 0) is 56.1 Å². The third-order valence-corrected chi connectivity index (χ3v) is 3.59. The van der Waals surface area contributed by atoms with Gasteiger partial charge >= 0.3 is 0 Å². The van der Waals surface area contributed by atoms with Gasteiger partial charge in [0.25, 0.3) is 0 Å². The van der Waals surface area contributed by atoms with Crippen LogP contribution in [0.15, 0.2) is 30.3 Å². The zero-order chi connectivity index (χ0) is 13.8. The molecule has 112 valence electrons. The van der Waals surface area contributed by atoms with Gasteiger partial charge in [-0.3, -0.25) is 0 Å². The number of benzene rings is 1. The Hall–Kier alpha value is -1.03. The van der Waals surface area contributed by atoms with Gasteiger partial charge in [0.1, 0.15) is 5.75 Å². The number of hydrogen-bond donors (Lipinski definition) is 1. The summed E-state index contributed by atoms with van der Waals surface area (Å²) in [5.41, 5.74) is 2.54. The Morgan fingerprint density at radius 3 is 2.75 bits per heavy atom. The fourth-order valence-corrected chi connectivity index (χ4v) is 2.75. The highest BCUT2D eigenvalue weighted by molar-refractivity contribution is 5.85. The Morgan fingerprint density at radius 2 is 2.10 bits per heavy atom. The van der Waals surface area contributed by atoms with E-state index in [-0.39, 0.29) is 18.5 Å². The lowest BCUT2D eigenvalue weighted by atomic mass is 9.82. The van der Waals surface area contributed by atoms with Crippen molar-refractivity contribution in [3.8, 4) is 5.75 Å².